The molecule has 1 aliphatic heterocycles. The number of hydrogen-bond acceptors (Lipinski definition) is 3. The zero-order valence-electron chi connectivity index (χ0n) is 8.95. The van der Waals surface area contributed by atoms with Gasteiger partial charge in [0, 0.05) is 0 Å². The summed E-state index contributed by atoms with van der Waals surface area (Å²) in [5, 5.41) is 17.8. The van der Waals surface area contributed by atoms with Crippen LogP contribution in [0.5, 0.6) is 0 Å². The molecule has 1 rings (SSSR count). The Kier molecular flexibility index (Phi) is 3.04. The molecule has 0 bridgehead atoms. The molecule has 0 spiro atoms. The fraction of sp³-hybridized carbons (Fsp3) is 0.800. The lowest BCUT2D eigenvalue weighted by molar-refractivity contribution is -0.207. The molecule has 0 radical (unpaired) electrons. The van der Waals surface area contributed by atoms with Gasteiger partial charge >= 0.3 is 11.9 Å². The maximum absolute atomic E-state index is 11.1. The van der Waals surface area contributed by atoms with Crippen LogP contribution in [0.3, 0.4) is 0 Å². The van der Waals surface area contributed by atoms with Gasteiger partial charge in [-0.05, 0) is 33.1 Å². The third kappa shape index (κ3) is 2.68. The van der Waals surface area contributed by atoms with Crippen molar-refractivity contribution in [2.45, 2.75) is 50.7 Å². The average Bonchev–Trinajstić information content (AvgIpc) is 1.99. The van der Waals surface area contributed by atoms with Crippen molar-refractivity contribution in [1.82, 2.24) is 0 Å². The number of aliphatic carboxylic acids is 2. The Hall–Kier alpha value is -1.10. The second kappa shape index (κ2) is 3.81. The molecule has 5 heteroatoms. The van der Waals surface area contributed by atoms with E-state index in [1.165, 1.54) is 0 Å². The van der Waals surface area contributed by atoms with Crippen LogP contribution in [0.25, 0.3) is 0 Å². The summed E-state index contributed by atoms with van der Waals surface area (Å²) < 4.78 is 5.45. The number of carboxylic acids is 2. The highest BCUT2D eigenvalue weighted by Crippen LogP contribution is 2.37. The Morgan fingerprint density at radius 1 is 1.27 bits per heavy atom. The minimum absolute atomic E-state index is 0.262. The normalized spacial score (nSPS) is 29.7. The minimum atomic E-state index is -1.55. The first-order chi connectivity index (χ1) is 6.77. The number of hydrogen-bond donors (Lipinski definition) is 2. The summed E-state index contributed by atoms with van der Waals surface area (Å²) in [5.74, 6) is -2.33. The predicted octanol–water partition coefficient (Wildman–Crippen LogP) is 1.26. The van der Waals surface area contributed by atoms with Crippen LogP contribution >= 0.6 is 0 Å². The van der Waals surface area contributed by atoms with Gasteiger partial charge in [0.25, 0.3) is 0 Å². The molecule has 0 saturated carbocycles. The molecule has 1 atom stereocenters. The molecular formula is C10H16O5. The standard InChI is InChI=1S/C10H16O5/c1-9(2)4-3-5-10(15-9,8(13)14)6-7(11)12/h3-6H2,1-2H3,(H,11,12)(H,13,14)/t10-/m1/s1. The molecule has 0 aromatic heterocycles. The second-order valence-electron chi connectivity index (χ2n) is 4.59. The topological polar surface area (TPSA) is 83.8 Å². The van der Waals surface area contributed by atoms with E-state index < -0.39 is 29.6 Å². The van der Waals surface area contributed by atoms with Gasteiger partial charge in [0.1, 0.15) is 0 Å². The van der Waals surface area contributed by atoms with E-state index in [4.69, 9.17) is 14.9 Å². The molecule has 1 heterocycles. The van der Waals surface area contributed by atoms with Gasteiger partial charge in [0.15, 0.2) is 5.60 Å². The number of rotatable bonds is 3. The molecule has 0 amide bonds. The zero-order chi connectivity index (χ0) is 11.7. The fourth-order valence-electron chi connectivity index (χ4n) is 2.03. The summed E-state index contributed by atoms with van der Waals surface area (Å²) in [7, 11) is 0. The Morgan fingerprint density at radius 2 is 1.87 bits per heavy atom. The minimum Gasteiger partial charge on any atom is -0.481 e. The van der Waals surface area contributed by atoms with E-state index in [-0.39, 0.29) is 6.42 Å². The summed E-state index contributed by atoms with van der Waals surface area (Å²) >= 11 is 0. The Balaban J connectivity index is 2.90. The molecule has 1 aliphatic rings. The van der Waals surface area contributed by atoms with E-state index in [1.54, 1.807) is 13.8 Å². The Morgan fingerprint density at radius 3 is 2.27 bits per heavy atom. The molecule has 0 aromatic carbocycles. The van der Waals surface area contributed by atoms with Crippen LogP contribution in [-0.4, -0.2) is 33.4 Å². The monoisotopic (exact) mass is 216 g/mol. The molecule has 5 nitrogen and oxygen atoms in total. The van der Waals surface area contributed by atoms with Crippen molar-refractivity contribution >= 4 is 11.9 Å². The third-order valence-corrected chi connectivity index (χ3v) is 2.66. The van der Waals surface area contributed by atoms with Gasteiger partial charge in [-0.15, -0.1) is 0 Å². The summed E-state index contributed by atoms with van der Waals surface area (Å²) in [4.78, 5) is 21.8. The van der Waals surface area contributed by atoms with Crippen molar-refractivity contribution in [3.8, 4) is 0 Å². The van der Waals surface area contributed by atoms with Crippen LogP contribution in [0.15, 0.2) is 0 Å². The second-order valence-corrected chi connectivity index (χ2v) is 4.59. The Labute approximate surface area is 88.0 Å². The highest BCUT2D eigenvalue weighted by Gasteiger charge is 2.48. The number of carboxylic acid groups (broad SMARTS) is 2. The fourth-order valence-corrected chi connectivity index (χ4v) is 2.03. The van der Waals surface area contributed by atoms with E-state index in [1.807, 2.05) is 0 Å². The van der Waals surface area contributed by atoms with E-state index in [2.05, 4.69) is 0 Å². The molecule has 0 aliphatic carbocycles. The van der Waals surface area contributed by atoms with Gasteiger partial charge in [0.2, 0.25) is 0 Å². The number of ether oxygens (including phenoxy) is 1. The summed E-state index contributed by atoms with van der Waals surface area (Å²) in [6.45, 7) is 3.57. The van der Waals surface area contributed by atoms with Crippen molar-refractivity contribution < 1.29 is 24.5 Å². The Bertz CT molecular complexity index is 284. The zero-order valence-corrected chi connectivity index (χ0v) is 8.95. The summed E-state index contributed by atoms with van der Waals surface area (Å²) in [6.07, 6.45) is 1.21. The largest absolute Gasteiger partial charge is 0.481 e. The lowest BCUT2D eigenvalue weighted by Crippen LogP contribution is -2.52. The summed E-state index contributed by atoms with van der Waals surface area (Å²) in [5.41, 5.74) is -2.11. The SMILES string of the molecule is CC1(C)CCC[C@@](CC(=O)O)(C(=O)O)O1. The molecule has 1 saturated heterocycles. The van der Waals surface area contributed by atoms with Crippen molar-refractivity contribution in [1.29, 1.82) is 0 Å². The van der Waals surface area contributed by atoms with E-state index in [0.29, 0.717) is 6.42 Å². The molecule has 86 valence electrons. The molecule has 15 heavy (non-hydrogen) atoms. The van der Waals surface area contributed by atoms with Crippen molar-refractivity contribution in [2.75, 3.05) is 0 Å². The van der Waals surface area contributed by atoms with Gasteiger partial charge in [-0.2, -0.15) is 0 Å². The first-order valence-corrected chi connectivity index (χ1v) is 4.93. The van der Waals surface area contributed by atoms with Crippen molar-refractivity contribution in [3.05, 3.63) is 0 Å². The lowest BCUT2D eigenvalue weighted by Gasteiger charge is -2.41. The third-order valence-electron chi connectivity index (χ3n) is 2.66. The van der Waals surface area contributed by atoms with Crippen LogP contribution < -0.4 is 0 Å². The molecular weight excluding hydrogens is 200 g/mol. The maximum atomic E-state index is 11.1. The molecule has 1 fully saturated rings. The van der Waals surface area contributed by atoms with Gasteiger partial charge in [-0.25, -0.2) is 4.79 Å². The van der Waals surface area contributed by atoms with Crippen LogP contribution in [0.1, 0.15) is 39.5 Å². The van der Waals surface area contributed by atoms with Gasteiger partial charge in [-0.3, -0.25) is 4.79 Å². The van der Waals surface area contributed by atoms with E-state index in [9.17, 15) is 9.59 Å². The van der Waals surface area contributed by atoms with E-state index in [0.717, 1.165) is 6.42 Å². The quantitative estimate of drug-likeness (QED) is 0.742. The van der Waals surface area contributed by atoms with Crippen LogP contribution in [0.4, 0.5) is 0 Å². The predicted molar refractivity (Wildman–Crippen MR) is 51.6 cm³/mol. The van der Waals surface area contributed by atoms with E-state index >= 15 is 0 Å². The first-order valence-electron chi connectivity index (χ1n) is 4.93. The maximum Gasteiger partial charge on any atom is 0.336 e. The van der Waals surface area contributed by atoms with Crippen molar-refractivity contribution in [3.63, 3.8) is 0 Å². The van der Waals surface area contributed by atoms with Crippen LogP contribution in [-0.2, 0) is 14.3 Å². The summed E-state index contributed by atoms with van der Waals surface area (Å²) in [6, 6.07) is 0. The molecule has 0 unspecified atom stereocenters. The number of carbonyl (C=O) groups is 2. The van der Waals surface area contributed by atoms with Crippen molar-refractivity contribution in [2.24, 2.45) is 0 Å². The molecule has 2 N–H and O–H groups in total. The highest BCUT2D eigenvalue weighted by molar-refractivity contribution is 5.84. The van der Waals surface area contributed by atoms with Gasteiger partial charge in [0.05, 0.1) is 12.0 Å². The highest BCUT2D eigenvalue weighted by atomic mass is 16.5. The smallest absolute Gasteiger partial charge is 0.336 e. The lowest BCUT2D eigenvalue weighted by atomic mass is 9.84. The van der Waals surface area contributed by atoms with Crippen LogP contribution in [0, 0.1) is 0 Å². The van der Waals surface area contributed by atoms with Gasteiger partial charge < -0.3 is 14.9 Å². The van der Waals surface area contributed by atoms with Crippen LogP contribution in [0.2, 0.25) is 0 Å². The molecule has 0 aromatic rings. The van der Waals surface area contributed by atoms with Gasteiger partial charge in [-0.1, -0.05) is 0 Å². The first kappa shape index (κ1) is 12.0. The average molecular weight is 216 g/mol.